The molecule has 0 radical (unpaired) electrons. The summed E-state index contributed by atoms with van der Waals surface area (Å²) in [5.41, 5.74) is 6.03. The zero-order chi connectivity index (χ0) is 20.5. The number of aryl methyl sites for hydroxylation is 1. The molecule has 1 aliphatic rings. The summed E-state index contributed by atoms with van der Waals surface area (Å²) in [4.78, 5) is 12.4. The van der Waals surface area contributed by atoms with Gasteiger partial charge in [-0.3, -0.25) is 4.79 Å². The van der Waals surface area contributed by atoms with Gasteiger partial charge in [0.2, 0.25) is 6.79 Å². The Balaban J connectivity index is 1.52. The van der Waals surface area contributed by atoms with Crippen LogP contribution in [0.25, 0.3) is 5.82 Å². The quantitative estimate of drug-likeness (QED) is 0.532. The van der Waals surface area contributed by atoms with E-state index in [-0.39, 0.29) is 18.7 Å². The first kappa shape index (κ1) is 18.8. The van der Waals surface area contributed by atoms with E-state index >= 15 is 0 Å². The molecule has 1 N–H and O–H groups in total. The Morgan fingerprint density at radius 3 is 2.79 bits per heavy atom. The minimum Gasteiger partial charge on any atom is -0.454 e. The van der Waals surface area contributed by atoms with Gasteiger partial charge in [0.1, 0.15) is 5.82 Å². The number of hydrogen-bond donors (Lipinski definition) is 1. The van der Waals surface area contributed by atoms with E-state index in [0.717, 1.165) is 22.8 Å². The second kappa shape index (κ2) is 7.46. The Morgan fingerprint density at radius 2 is 2.00 bits per heavy atom. The maximum atomic E-state index is 12.4. The highest BCUT2D eigenvalue weighted by molar-refractivity contribution is 5.95. The van der Waals surface area contributed by atoms with E-state index in [9.17, 15) is 4.79 Å². The maximum absolute atomic E-state index is 12.4. The van der Waals surface area contributed by atoms with Crippen LogP contribution in [0.4, 0.5) is 0 Å². The molecule has 1 aromatic carbocycles. The van der Waals surface area contributed by atoms with Gasteiger partial charge in [-0.1, -0.05) is 0 Å². The highest BCUT2D eigenvalue weighted by Crippen LogP contribution is 2.32. The number of carbonyl (C=O) groups is 1. The van der Waals surface area contributed by atoms with E-state index in [1.807, 2.05) is 30.7 Å². The summed E-state index contributed by atoms with van der Waals surface area (Å²) in [6.07, 6.45) is 3.45. The predicted octanol–water partition coefficient (Wildman–Crippen LogP) is 3.36. The molecule has 0 atom stereocenters. The summed E-state index contributed by atoms with van der Waals surface area (Å²) in [5, 5.41) is 8.55. The van der Waals surface area contributed by atoms with Gasteiger partial charge in [0.05, 0.1) is 12.4 Å². The van der Waals surface area contributed by atoms with E-state index in [1.165, 1.54) is 0 Å². The van der Waals surface area contributed by atoms with Crippen molar-refractivity contribution in [3.05, 3.63) is 59.0 Å². The Hall–Kier alpha value is -3.55. The lowest BCUT2D eigenvalue weighted by atomic mass is 10.2. The summed E-state index contributed by atoms with van der Waals surface area (Å²) in [6, 6.07) is 9.31. The molecule has 3 heterocycles. The van der Waals surface area contributed by atoms with Gasteiger partial charge in [-0.2, -0.15) is 10.2 Å². The van der Waals surface area contributed by atoms with Crippen LogP contribution in [0.3, 0.4) is 0 Å². The van der Waals surface area contributed by atoms with Crippen molar-refractivity contribution < 1.29 is 14.3 Å². The van der Waals surface area contributed by atoms with E-state index in [4.69, 9.17) is 9.47 Å². The second-order valence-electron chi connectivity index (χ2n) is 7.16. The van der Waals surface area contributed by atoms with Crippen LogP contribution in [0.1, 0.15) is 47.2 Å². The number of hydrazone groups is 1. The second-order valence-corrected chi connectivity index (χ2v) is 7.16. The maximum Gasteiger partial charge on any atom is 0.271 e. The first-order valence-electron chi connectivity index (χ1n) is 9.41. The number of hydrogen-bond acceptors (Lipinski definition) is 5. The Kier molecular flexibility index (Phi) is 4.84. The molecule has 8 nitrogen and oxygen atoms in total. The molecular weight excluding hydrogens is 370 g/mol. The number of rotatable bonds is 5. The van der Waals surface area contributed by atoms with Crippen LogP contribution >= 0.6 is 0 Å². The van der Waals surface area contributed by atoms with Crippen molar-refractivity contribution in [3.63, 3.8) is 0 Å². The van der Waals surface area contributed by atoms with Gasteiger partial charge in [-0.15, -0.1) is 0 Å². The largest absolute Gasteiger partial charge is 0.454 e. The van der Waals surface area contributed by atoms with Gasteiger partial charge < -0.3 is 14.0 Å². The Labute approximate surface area is 168 Å². The van der Waals surface area contributed by atoms with Gasteiger partial charge in [0, 0.05) is 34.6 Å². The minimum atomic E-state index is -0.314. The fraction of sp³-hybridized carbons (Fsp3) is 0.286. The molecule has 0 unspecified atom stereocenters. The van der Waals surface area contributed by atoms with Gasteiger partial charge in [0.15, 0.2) is 11.5 Å². The van der Waals surface area contributed by atoms with Gasteiger partial charge in [-0.25, -0.2) is 10.1 Å². The highest BCUT2D eigenvalue weighted by Gasteiger charge is 2.17. The van der Waals surface area contributed by atoms with E-state index in [1.54, 1.807) is 30.6 Å². The molecule has 2 aromatic heterocycles. The standard InChI is InChI=1S/C21H23N5O3/c1-13(2)26-20(7-8-23-26)25-14(3)9-17(15(25)4)11-22-24-21(27)16-5-6-18-19(10-16)29-12-28-18/h5-11,13H,12H2,1-4H3,(H,24,27)/b22-11-. The number of nitrogens with one attached hydrogen (secondary N) is 1. The highest BCUT2D eigenvalue weighted by atomic mass is 16.7. The van der Waals surface area contributed by atoms with Crippen LogP contribution in [0.5, 0.6) is 11.5 Å². The van der Waals surface area contributed by atoms with Crippen molar-refractivity contribution in [2.24, 2.45) is 5.10 Å². The predicted molar refractivity (Wildman–Crippen MR) is 109 cm³/mol. The average Bonchev–Trinajstić information content (AvgIpc) is 3.40. The Bertz CT molecular complexity index is 1090. The first-order chi connectivity index (χ1) is 14.0. The molecule has 8 heteroatoms. The normalized spacial score (nSPS) is 12.9. The molecule has 0 fully saturated rings. The van der Waals surface area contributed by atoms with E-state index in [0.29, 0.717) is 17.1 Å². The van der Waals surface area contributed by atoms with Crippen molar-refractivity contribution >= 4 is 12.1 Å². The summed E-state index contributed by atoms with van der Waals surface area (Å²) in [6.45, 7) is 8.42. The third kappa shape index (κ3) is 3.49. The summed E-state index contributed by atoms with van der Waals surface area (Å²) < 4.78 is 14.7. The number of fused-ring (bicyclic) bond motifs is 1. The number of carbonyl (C=O) groups excluding carboxylic acids is 1. The molecule has 150 valence electrons. The van der Waals surface area contributed by atoms with Gasteiger partial charge in [0.25, 0.3) is 5.91 Å². The zero-order valence-corrected chi connectivity index (χ0v) is 16.8. The lowest BCUT2D eigenvalue weighted by Gasteiger charge is -2.14. The molecule has 1 amide bonds. The van der Waals surface area contributed by atoms with Gasteiger partial charge >= 0.3 is 0 Å². The van der Waals surface area contributed by atoms with Crippen molar-refractivity contribution in [3.8, 4) is 17.3 Å². The SMILES string of the molecule is Cc1cc(/C=N\NC(=O)c2ccc3c(c2)OCO3)c(C)n1-c1ccnn1C(C)C. The van der Waals surface area contributed by atoms with Crippen molar-refractivity contribution in [2.45, 2.75) is 33.7 Å². The first-order valence-corrected chi connectivity index (χ1v) is 9.41. The molecule has 0 saturated carbocycles. The molecule has 3 aromatic rings. The third-order valence-electron chi connectivity index (χ3n) is 4.84. The van der Waals surface area contributed by atoms with Gasteiger partial charge in [-0.05, 0) is 52.0 Å². The topological polar surface area (TPSA) is 82.7 Å². The summed E-state index contributed by atoms with van der Waals surface area (Å²) >= 11 is 0. The Morgan fingerprint density at radius 1 is 1.21 bits per heavy atom. The summed E-state index contributed by atoms with van der Waals surface area (Å²) in [7, 11) is 0. The number of aromatic nitrogens is 3. The molecule has 29 heavy (non-hydrogen) atoms. The third-order valence-corrected chi connectivity index (χ3v) is 4.84. The van der Waals surface area contributed by atoms with Crippen molar-refractivity contribution in [1.82, 2.24) is 19.8 Å². The average molecular weight is 393 g/mol. The fourth-order valence-electron chi connectivity index (χ4n) is 3.42. The zero-order valence-electron chi connectivity index (χ0n) is 16.8. The lowest BCUT2D eigenvalue weighted by molar-refractivity contribution is 0.0954. The van der Waals surface area contributed by atoms with E-state index < -0.39 is 0 Å². The molecule has 0 bridgehead atoms. The summed E-state index contributed by atoms with van der Waals surface area (Å²) in [5.74, 6) is 1.88. The van der Waals surface area contributed by atoms with Crippen LogP contribution in [0, 0.1) is 13.8 Å². The molecule has 1 aliphatic heterocycles. The van der Waals surface area contributed by atoms with Crippen molar-refractivity contribution in [2.75, 3.05) is 6.79 Å². The molecule has 4 rings (SSSR count). The van der Waals surface area contributed by atoms with Crippen LogP contribution in [-0.4, -0.2) is 33.3 Å². The number of ether oxygens (including phenoxy) is 2. The van der Waals surface area contributed by atoms with E-state index in [2.05, 4.69) is 34.0 Å². The smallest absolute Gasteiger partial charge is 0.271 e. The monoisotopic (exact) mass is 393 g/mol. The van der Waals surface area contributed by atoms with Crippen LogP contribution in [-0.2, 0) is 0 Å². The number of amides is 1. The van der Waals surface area contributed by atoms with Crippen LogP contribution in [0.2, 0.25) is 0 Å². The molecular formula is C21H23N5O3. The fourth-order valence-corrected chi connectivity index (χ4v) is 3.42. The van der Waals surface area contributed by atoms with Crippen LogP contribution < -0.4 is 14.9 Å². The molecule has 0 spiro atoms. The lowest BCUT2D eigenvalue weighted by Crippen LogP contribution is -2.17. The number of benzene rings is 1. The number of nitrogens with zero attached hydrogens (tertiary/aromatic N) is 4. The minimum absolute atomic E-state index is 0.171. The van der Waals surface area contributed by atoms with Crippen LogP contribution in [0.15, 0.2) is 41.6 Å². The molecule has 0 saturated heterocycles. The molecule has 0 aliphatic carbocycles. The van der Waals surface area contributed by atoms with Crippen molar-refractivity contribution in [1.29, 1.82) is 0 Å².